The third-order valence-corrected chi connectivity index (χ3v) is 5.67. The lowest BCUT2D eigenvalue weighted by Gasteiger charge is -2.41. The molecule has 0 radical (unpaired) electrons. The maximum atomic E-state index is 11.8. The SMILES string of the molecule is CC1CN(C2CCCC2S(C)(=O)=O)CC(C)N1. The molecule has 1 aliphatic carbocycles. The van der Waals surface area contributed by atoms with Crippen molar-refractivity contribution in [3.8, 4) is 0 Å². The van der Waals surface area contributed by atoms with Gasteiger partial charge in [0.25, 0.3) is 0 Å². The van der Waals surface area contributed by atoms with Crippen molar-refractivity contribution in [2.75, 3.05) is 19.3 Å². The van der Waals surface area contributed by atoms with Crippen molar-refractivity contribution in [2.24, 2.45) is 0 Å². The summed E-state index contributed by atoms with van der Waals surface area (Å²) in [5.41, 5.74) is 0. The van der Waals surface area contributed by atoms with Gasteiger partial charge in [-0.25, -0.2) is 8.42 Å². The quantitative estimate of drug-likeness (QED) is 0.791. The Hall–Kier alpha value is -0.130. The van der Waals surface area contributed by atoms with Gasteiger partial charge in [0.2, 0.25) is 0 Å². The van der Waals surface area contributed by atoms with E-state index in [1.54, 1.807) is 0 Å². The van der Waals surface area contributed by atoms with Crippen molar-refractivity contribution in [1.29, 1.82) is 0 Å². The van der Waals surface area contributed by atoms with Crippen molar-refractivity contribution in [1.82, 2.24) is 10.2 Å². The maximum Gasteiger partial charge on any atom is 0.151 e. The average Bonchev–Trinajstić information content (AvgIpc) is 2.63. The zero-order chi connectivity index (χ0) is 12.6. The Morgan fingerprint density at radius 3 is 2.24 bits per heavy atom. The Morgan fingerprint density at radius 2 is 1.71 bits per heavy atom. The van der Waals surface area contributed by atoms with E-state index in [2.05, 4.69) is 24.1 Å². The standard InChI is InChI=1S/C12H24N2O2S/c1-9-7-14(8-10(2)13-9)11-5-4-6-12(11)17(3,15)16/h9-13H,4-8H2,1-3H3. The first-order valence-corrected chi connectivity index (χ1v) is 8.52. The number of sulfone groups is 1. The van der Waals surface area contributed by atoms with Crippen molar-refractivity contribution in [3.05, 3.63) is 0 Å². The minimum atomic E-state index is -2.90. The van der Waals surface area contributed by atoms with Gasteiger partial charge in [0, 0.05) is 37.5 Å². The van der Waals surface area contributed by atoms with Gasteiger partial charge >= 0.3 is 0 Å². The Morgan fingerprint density at radius 1 is 1.12 bits per heavy atom. The lowest BCUT2D eigenvalue weighted by atomic mass is 10.1. The molecule has 0 aromatic heterocycles. The van der Waals surface area contributed by atoms with Crippen LogP contribution in [-0.2, 0) is 9.84 Å². The van der Waals surface area contributed by atoms with Crippen LogP contribution in [0.4, 0.5) is 0 Å². The lowest BCUT2D eigenvalue weighted by molar-refractivity contribution is 0.126. The van der Waals surface area contributed by atoms with E-state index < -0.39 is 9.84 Å². The monoisotopic (exact) mass is 260 g/mol. The summed E-state index contributed by atoms with van der Waals surface area (Å²) in [4.78, 5) is 2.39. The molecule has 0 amide bonds. The second-order valence-corrected chi connectivity index (χ2v) is 8.05. The minimum Gasteiger partial charge on any atom is -0.309 e. The molecule has 0 spiro atoms. The zero-order valence-corrected chi connectivity index (χ0v) is 11.8. The largest absolute Gasteiger partial charge is 0.309 e. The van der Waals surface area contributed by atoms with Crippen LogP contribution in [0.2, 0.25) is 0 Å². The van der Waals surface area contributed by atoms with E-state index >= 15 is 0 Å². The summed E-state index contributed by atoms with van der Waals surface area (Å²) >= 11 is 0. The molecule has 2 aliphatic rings. The molecule has 0 aromatic rings. The van der Waals surface area contributed by atoms with E-state index in [9.17, 15) is 8.42 Å². The summed E-state index contributed by atoms with van der Waals surface area (Å²) in [6.45, 7) is 6.29. The minimum absolute atomic E-state index is 0.139. The van der Waals surface area contributed by atoms with Crippen LogP contribution in [0.25, 0.3) is 0 Å². The molecule has 1 saturated heterocycles. The number of piperazine rings is 1. The summed E-state index contributed by atoms with van der Waals surface area (Å²) in [5.74, 6) is 0. The van der Waals surface area contributed by atoms with E-state index in [0.717, 1.165) is 32.4 Å². The van der Waals surface area contributed by atoms with Gasteiger partial charge in [-0.2, -0.15) is 0 Å². The molecule has 0 aromatic carbocycles. The molecule has 1 heterocycles. The molecule has 5 heteroatoms. The highest BCUT2D eigenvalue weighted by molar-refractivity contribution is 7.91. The van der Waals surface area contributed by atoms with Gasteiger partial charge in [-0.3, -0.25) is 4.90 Å². The van der Waals surface area contributed by atoms with Gasteiger partial charge in [0.1, 0.15) is 0 Å². The lowest BCUT2D eigenvalue weighted by Crippen LogP contribution is -2.58. The van der Waals surface area contributed by atoms with Crippen LogP contribution in [0.3, 0.4) is 0 Å². The Kier molecular flexibility index (Phi) is 3.80. The van der Waals surface area contributed by atoms with E-state index in [-0.39, 0.29) is 11.3 Å². The van der Waals surface area contributed by atoms with E-state index in [0.29, 0.717) is 12.1 Å². The van der Waals surface area contributed by atoms with E-state index in [1.807, 2.05) is 0 Å². The second-order valence-electron chi connectivity index (χ2n) is 5.79. The number of rotatable bonds is 2. The first-order valence-electron chi connectivity index (χ1n) is 6.57. The van der Waals surface area contributed by atoms with Crippen LogP contribution in [0.1, 0.15) is 33.1 Å². The van der Waals surface area contributed by atoms with Crippen LogP contribution >= 0.6 is 0 Å². The van der Waals surface area contributed by atoms with Gasteiger partial charge < -0.3 is 5.32 Å². The maximum absolute atomic E-state index is 11.8. The molecule has 4 unspecified atom stereocenters. The average molecular weight is 260 g/mol. The van der Waals surface area contributed by atoms with Gasteiger partial charge in [0.05, 0.1) is 5.25 Å². The molecular formula is C12H24N2O2S. The molecular weight excluding hydrogens is 236 g/mol. The predicted molar refractivity (Wildman–Crippen MR) is 69.9 cm³/mol. The normalized spacial score (nSPS) is 40.6. The van der Waals surface area contributed by atoms with Crippen LogP contribution in [-0.4, -0.2) is 56.0 Å². The summed E-state index contributed by atoms with van der Waals surface area (Å²) in [7, 11) is -2.90. The Balaban J connectivity index is 2.10. The zero-order valence-electron chi connectivity index (χ0n) is 11.0. The molecule has 1 aliphatic heterocycles. The highest BCUT2D eigenvalue weighted by Gasteiger charge is 2.40. The van der Waals surface area contributed by atoms with Crippen molar-refractivity contribution in [2.45, 2.75) is 56.5 Å². The van der Waals surface area contributed by atoms with Crippen LogP contribution in [0.5, 0.6) is 0 Å². The molecule has 0 bridgehead atoms. The summed E-state index contributed by atoms with van der Waals surface area (Å²) in [6, 6.07) is 1.16. The van der Waals surface area contributed by atoms with Crippen LogP contribution < -0.4 is 5.32 Å². The van der Waals surface area contributed by atoms with Gasteiger partial charge in [-0.05, 0) is 26.7 Å². The Bertz CT molecular complexity index is 359. The predicted octanol–water partition coefficient (Wildman–Crippen LogP) is 0.634. The summed E-state index contributed by atoms with van der Waals surface area (Å²) in [5, 5.41) is 3.36. The first kappa shape index (κ1) is 13.3. The number of hydrogen-bond donors (Lipinski definition) is 1. The van der Waals surface area contributed by atoms with Gasteiger partial charge in [0.15, 0.2) is 9.84 Å². The molecule has 1 N–H and O–H groups in total. The molecule has 1 saturated carbocycles. The third kappa shape index (κ3) is 3.01. The first-order chi connectivity index (χ1) is 7.88. The van der Waals surface area contributed by atoms with Crippen LogP contribution in [0, 0.1) is 0 Å². The molecule has 4 nitrogen and oxygen atoms in total. The molecule has 100 valence electrons. The van der Waals surface area contributed by atoms with Crippen molar-refractivity contribution >= 4 is 9.84 Å². The highest BCUT2D eigenvalue weighted by atomic mass is 32.2. The van der Waals surface area contributed by atoms with E-state index in [1.165, 1.54) is 6.26 Å². The smallest absolute Gasteiger partial charge is 0.151 e. The molecule has 4 atom stereocenters. The van der Waals surface area contributed by atoms with Crippen molar-refractivity contribution in [3.63, 3.8) is 0 Å². The molecule has 2 rings (SSSR count). The van der Waals surface area contributed by atoms with Gasteiger partial charge in [-0.15, -0.1) is 0 Å². The fourth-order valence-corrected chi connectivity index (χ4v) is 4.94. The van der Waals surface area contributed by atoms with E-state index in [4.69, 9.17) is 0 Å². The molecule has 17 heavy (non-hydrogen) atoms. The van der Waals surface area contributed by atoms with Crippen LogP contribution in [0.15, 0.2) is 0 Å². The molecule has 2 fully saturated rings. The number of hydrogen-bond acceptors (Lipinski definition) is 4. The Labute approximate surface area is 105 Å². The summed E-state index contributed by atoms with van der Waals surface area (Å²) < 4.78 is 23.6. The fraction of sp³-hybridized carbons (Fsp3) is 1.00. The highest BCUT2D eigenvalue weighted by Crippen LogP contribution is 2.30. The fourth-order valence-electron chi connectivity index (χ4n) is 3.46. The second kappa shape index (κ2) is 4.86. The van der Waals surface area contributed by atoms with Gasteiger partial charge in [-0.1, -0.05) is 6.42 Å². The number of nitrogens with one attached hydrogen (secondary N) is 1. The topological polar surface area (TPSA) is 49.4 Å². The van der Waals surface area contributed by atoms with Crippen molar-refractivity contribution < 1.29 is 8.42 Å². The number of nitrogens with zero attached hydrogens (tertiary/aromatic N) is 1. The summed E-state index contributed by atoms with van der Waals surface area (Å²) in [6.07, 6.45) is 4.33. The third-order valence-electron chi connectivity index (χ3n) is 4.02.